The van der Waals surface area contributed by atoms with Gasteiger partial charge in [0.05, 0.1) is 6.61 Å². The van der Waals surface area contributed by atoms with Crippen LogP contribution < -0.4 is 4.90 Å². The fraction of sp³-hybridized carbons (Fsp3) is 0.800. The maximum absolute atomic E-state index is 12.0. The molecule has 1 N–H and O–H groups in total. The minimum Gasteiger partial charge on any atom is -0.395 e. The van der Waals surface area contributed by atoms with Gasteiger partial charge in [-0.25, -0.2) is 0 Å². The van der Waals surface area contributed by atoms with Crippen LogP contribution in [0.5, 0.6) is 0 Å². The van der Waals surface area contributed by atoms with Crippen molar-refractivity contribution in [1.82, 2.24) is 15.1 Å². The van der Waals surface area contributed by atoms with Gasteiger partial charge in [0.1, 0.15) is 5.01 Å². The molecule has 0 aliphatic carbocycles. The molecule has 1 aromatic heterocycles. The first-order valence-corrected chi connectivity index (χ1v) is 8.93. The lowest BCUT2D eigenvalue weighted by molar-refractivity contribution is -0.138. The van der Waals surface area contributed by atoms with E-state index in [0.29, 0.717) is 13.0 Å². The van der Waals surface area contributed by atoms with Gasteiger partial charge >= 0.3 is 0 Å². The smallest absolute Gasteiger partial charge is 0.222 e. The minimum atomic E-state index is 0.0434. The number of rotatable bonds is 4. The van der Waals surface area contributed by atoms with Crippen LogP contribution in [0.2, 0.25) is 0 Å². The molecule has 1 spiro atoms. The number of hydrogen-bond donors (Lipinski definition) is 1. The number of piperidine rings is 2. The van der Waals surface area contributed by atoms with Crippen LogP contribution in [-0.4, -0.2) is 58.9 Å². The molecule has 22 heavy (non-hydrogen) atoms. The predicted molar refractivity (Wildman–Crippen MR) is 86.1 cm³/mol. The maximum atomic E-state index is 12.0. The van der Waals surface area contributed by atoms with Crippen molar-refractivity contribution >= 4 is 22.4 Å². The summed E-state index contributed by atoms with van der Waals surface area (Å²) in [5.74, 6) is 0.181. The molecule has 1 atom stereocenters. The number of β-amino-alcohol motifs (C(OH)–C–C–N with tert-alkyl or cyclic N) is 1. The third-order valence-corrected chi connectivity index (χ3v) is 5.94. The van der Waals surface area contributed by atoms with Gasteiger partial charge in [-0.2, -0.15) is 0 Å². The average Bonchev–Trinajstić information content (AvgIpc) is 3.01. The maximum Gasteiger partial charge on any atom is 0.222 e. The lowest BCUT2D eigenvalue weighted by atomic mass is 9.73. The third kappa shape index (κ3) is 3.10. The van der Waals surface area contributed by atoms with Gasteiger partial charge in [-0.15, -0.1) is 10.2 Å². The van der Waals surface area contributed by atoms with Crippen molar-refractivity contribution in [2.24, 2.45) is 5.41 Å². The Morgan fingerprint density at radius 1 is 1.32 bits per heavy atom. The van der Waals surface area contributed by atoms with E-state index in [0.717, 1.165) is 55.5 Å². The van der Waals surface area contributed by atoms with Gasteiger partial charge in [0, 0.05) is 38.0 Å². The molecule has 0 unspecified atom stereocenters. The van der Waals surface area contributed by atoms with E-state index in [4.69, 9.17) is 5.11 Å². The number of aliphatic hydroxyl groups excluding tert-OH is 1. The van der Waals surface area contributed by atoms with Gasteiger partial charge < -0.3 is 14.9 Å². The van der Waals surface area contributed by atoms with Crippen LogP contribution in [0.4, 0.5) is 5.13 Å². The molecule has 2 fully saturated rings. The van der Waals surface area contributed by atoms with E-state index in [1.54, 1.807) is 11.3 Å². The molecule has 1 amide bonds. The lowest BCUT2D eigenvalue weighted by Crippen LogP contribution is -2.54. The summed E-state index contributed by atoms with van der Waals surface area (Å²) in [5, 5.41) is 19.8. The number of hydrogen-bond acceptors (Lipinski definition) is 6. The number of aromatic nitrogens is 2. The molecule has 6 nitrogen and oxygen atoms in total. The summed E-state index contributed by atoms with van der Waals surface area (Å²) >= 11 is 1.68. The fourth-order valence-corrected chi connectivity index (χ4v) is 4.45. The topological polar surface area (TPSA) is 69.6 Å². The van der Waals surface area contributed by atoms with Crippen molar-refractivity contribution < 1.29 is 9.90 Å². The second-order valence-corrected chi connectivity index (χ2v) is 7.44. The van der Waals surface area contributed by atoms with Gasteiger partial charge in [-0.1, -0.05) is 18.3 Å². The van der Waals surface area contributed by atoms with E-state index >= 15 is 0 Å². The largest absolute Gasteiger partial charge is 0.395 e. The first-order valence-electron chi connectivity index (χ1n) is 8.12. The number of aryl methyl sites for hydroxylation is 1. The Morgan fingerprint density at radius 2 is 2.18 bits per heavy atom. The molecule has 3 heterocycles. The Bertz CT molecular complexity index is 535. The fourth-order valence-electron chi connectivity index (χ4n) is 3.65. The van der Waals surface area contributed by atoms with Crippen molar-refractivity contribution in [2.45, 2.75) is 39.0 Å². The summed E-state index contributed by atoms with van der Waals surface area (Å²) in [6.07, 6.45) is 4.75. The number of carbonyl (C=O) groups is 1. The Labute approximate surface area is 135 Å². The zero-order chi connectivity index (χ0) is 15.6. The predicted octanol–water partition coefficient (Wildman–Crippen LogP) is 1.30. The number of aliphatic hydroxyl groups is 1. The minimum absolute atomic E-state index is 0.0434. The highest BCUT2D eigenvalue weighted by molar-refractivity contribution is 7.15. The molecular weight excluding hydrogens is 300 g/mol. The van der Waals surface area contributed by atoms with Gasteiger partial charge in [0.2, 0.25) is 11.0 Å². The number of anilines is 1. The van der Waals surface area contributed by atoms with Crippen LogP contribution in [0.25, 0.3) is 0 Å². The highest BCUT2D eigenvalue weighted by atomic mass is 32.1. The quantitative estimate of drug-likeness (QED) is 0.904. The lowest BCUT2D eigenvalue weighted by Gasteiger charge is -2.48. The zero-order valence-corrected chi connectivity index (χ0v) is 13.9. The number of carbonyl (C=O) groups excluding carboxylic acids is 1. The summed E-state index contributed by atoms with van der Waals surface area (Å²) in [6, 6.07) is 0. The number of likely N-dealkylation sites (tertiary alicyclic amines) is 1. The molecule has 0 radical (unpaired) electrons. The SMILES string of the molecule is CCc1nnc(N2CCC[C@@]3(CCC(=O)N(CCO)C3)C2)s1. The van der Waals surface area contributed by atoms with Crippen LogP contribution >= 0.6 is 11.3 Å². The van der Waals surface area contributed by atoms with Crippen molar-refractivity contribution in [1.29, 1.82) is 0 Å². The first kappa shape index (κ1) is 15.7. The van der Waals surface area contributed by atoms with E-state index in [2.05, 4.69) is 22.0 Å². The third-order valence-electron chi connectivity index (χ3n) is 4.81. The van der Waals surface area contributed by atoms with Crippen molar-refractivity contribution in [2.75, 3.05) is 37.7 Å². The summed E-state index contributed by atoms with van der Waals surface area (Å²) < 4.78 is 0. The molecule has 2 aliphatic heterocycles. The summed E-state index contributed by atoms with van der Waals surface area (Å²) in [5.41, 5.74) is 0.152. The van der Waals surface area contributed by atoms with Crippen molar-refractivity contribution in [3.05, 3.63) is 5.01 Å². The van der Waals surface area contributed by atoms with Crippen LogP contribution in [-0.2, 0) is 11.2 Å². The summed E-state index contributed by atoms with van der Waals surface area (Å²) in [4.78, 5) is 16.2. The average molecular weight is 324 g/mol. The van der Waals surface area contributed by atoms with Crippen LogP contribution in [0.15, 0.2) is 0 Å². The molecule has 3 rings (SSSR count). The monoisotopic (exact) mass is 324 g/mol. The van der Waals surface area contributed by atoms with E-state index < -0.39 is 0 Å². The molecule has 1 aromatic rings. The Morgan fingerprint density at radius 3 is 2.91 bits per heavy atom. The van der Waals surface area contributed by atoms with Crippen LogP contribution in [0.1, 0.15) is 37.6 Å². The molecule has 2 aliphatic rings. The number of nitrogens with zero attached hydrogens (tertiary/aromatic N) is 4. The molecule has 0 aromatic carbocycles. The van der Waals surface area contributed by atoms with Gasteiger partial charge in [0.15, 0.2) is 0 Å². The summed E-state index contributed by atoms with van der Waals surface area (Å²) in [7, 11) is 0. The molecule has 0 saturated carbocycles. The molecule has 122 valence electrons. The van der Waals surface area contributed by atoms with E-state index in [-0.39, 0.29) is 17.9 Å². The normalized spacial score (nSPS) is 26.0. The van der Waals surface area contributed by atoms with E-state index in [1.807, 2.05) is 4.90 Å². The second-order valence-electron chi connectivity index (χ2n) is 6.40. The van der Waals surface area contributed by atoms with E-state index in [1.165, 1.54) is 0 Å². The molecule has 7 heteroatoms. The Hall–Kier alpha value is -1.21. The highest BCUT2D eigenvalue weighted by Crippen LogP contribution is 2.40. The van der Waals surface area contributed by atoms with Crippen LogP contribution in [0.3, 0.4) is 0 Å². The standard InChI is InChI=1S/C15H24N4O2S/c1-2-12-16-17-14(22-12)19-7-3-5-15(11-19)6-4-13(21)18(10-15)8-9-20/h20H,2-11H2,1H3/t15-/m0/s1. The second kappa shape index (κ2) is 6.50. The first-order chi connectivity index (χ1) is 10.7. The Kier molecular flexibility index (Phi) is 4.63. The van der Waals surface area contributed by atoms with Crippen molar-refractivity contribution in [3.63, 3.8) is 0 Å². The van der Waals surface area contributed by atoms with Gasteiger partial charge in [0.25, 0.3) is 0 Å². The molecule has 0 bridgehead atoms. The van der Waals surface area contributed by atoms with Gasteiger partial charge in [-0.05, 0) is 25.7 Å². The highest BCUT2D eigenvalue weighted by Gasteiger charge is 2.42. The van der Waals surface area contributed by atoms with Crippen molar-refractivity contribution in [3.8, 4) is 0 Å². The molecular formula is C15H24N4O2S. The van der Waals surface area contributed by atoms with Crippen LogP contribution in [0, 0.1) is 5.41 Å². The zero-order valence-electron chi connectivity index (χ0n) is 13.1. The summed E-state index contributed by atoms with van der Waals surface area (Å²) in [6.45, 7) is 5.33. The Balaban J connectivity index is 1.72. The number of amides is 1. The van der Waals surface area contributed by atoms with E-state index in [9.17, 15) is 4.79 Å². The molecule has 2 saturated heterocycles. The van der Waals surface area contributed by atoms with Gasteiger partial charge in [-0.3, -0.25) is 4.79 Å².